The number of carbonyl (C=O) groups excluding carboxylic acids is 1. The summed E-state index contributed by atoms with van der Waals surface area (Å²) in [5, 5.41) is 0. The zero-order valence-corrected chi connectivity index (χ0v) is 16.8. The average molecular weight is 408 g/mol. The van der Waals surface area contributed by atoms with Crippen LogP contribution in [-0.4, -0.2) is 35.5 Å². The molecule has 6 heteroatoms. The van der Waals surface area contributed by atoms with Gasteiger partial charge >= 0.3 is 0 Å². The van der Waals surface area contributed by atoms with Crippen molar-refractivity contribution in [2.24, 2.45) is 5.92 Å². The van der Waals surface area contributed by atoms with E-state index in [0.717, 1.165) is 37.2 Å². The lowest BCUT2D eigenvalue weighted by Crippen LogP contribution is -2.41. The summed E-state index contributed by atoms with van der Waals surface area (Å²) in [6.07, 6.45) is 4.47. The van der Waals surface area contributed by atoms with Gasteiger partial charge in [-0.15, -0.1) is 0 Å². The third kappa shape index (κ3) is 5.26. The fourth-order valence-electron chi connectivity index (χ4n) is 3.70. The van der Waals surface area contributed by atoms with E-state index in [4.69, 9.17) is 9.15 Å². The van der Waals surface area contributed by atoms with E-state index in [-0.39, 0.29) is 11.7 Å². The second-order valence-corrected chi connectivity index (χ2v) is 7.60. The number of benzene rings is 2. The molecule has 2 aromatic carbocycles. The van der Waals surface area contributed by atoms with Crippen molar-refractivity contribution in [1.29, 1.82) is 0 Å². The van der Waals surface area contributed by atoms with Crippen LogP contribution in [0.2, 0.25) is 0 Å². The normalized spacial score (nSPS) is 16.4. The zero-order chi connectivity index (χ0) is 20.8. The number of likely N-dealkylation sites (tertiary alicyclic amines) is 1. The van der Waals surface area contributed by atoms with Gasteiger partial charge in [-0.25, -0.2) is 9.37 Å². The molecule has 1 atom stereocenters. The van der Waals surface area contributed by atoms with Gasteiger partial charge in [0.2, 0.25) is 5.91 Å². The molecule has 0 N–H and O–H groups in total. The second kappa shape index (κ2) is 9.57. The first-order chi connectivity index (χ1) is 14.7. The van der Waals surface area contributed by atoms with Gasteiger partial charge in [0.05, 0.1) is 12.8 Å². The quantitative estimate of drug-likeness (QED) is 0.567. The predicted octanol–water partition coefficient (Wildman–Crippen LogP) is 4.73. The molecule has 1 fully saturated rings. The fraction of sp³-hybridized carbons (Fsp3) is 0.333. The topological polar surface area (TPSA) is 55.6 Å². The second-order valence-electron chi connectivity index (χ2n) is 7.60. The number of carbonyl (C=O) groups is 1. The smallest absolute Gasteiger partial charge is 0.223 e. The Bertz CT molecular complexity index is 956. The molecule has 1 aromatic heterocycles. The highest BCUT2D eigenvalue weighted by Crippen LogP contribution is 2.22. The summed E-state index contributed by atoms with van der Waals surface area (Å²) in [5.74, 6) is 2.12. The van der Waals surface area contributed by atoms with E-state index >= 15 is 0 Å². The fourth-order valence-corrected chi connectivity index (χ4v) is 3.70. The van der Waals surface area contributed by atoms with E-state index in [0.29, 0.717) is 37.0 Å². The molecule has 1 saturated heterocycles. The number of halogens is 1. The highest BCUT2D eigenvalue weighted by atomic mass is 19.1. The summed E-state index contributed by atoms with van der Waals surface area (Å²) in [5.41, 5.74) is 0.763. The Morgan fingerprint density at radius 3 is 2.77 bits per heavy atom. The molecule has 0 aliphatic carbocycles. The Morgan fingerprint density at radius 1 is 1.17 bits per heavy atom. The third-order valence-corrected chi connectivity index (χ3v) is 5.34. The van der Waals surface area contributed by atoms with Gasteiger partial charge in [-0.2, -0.15) is 0 Å². The van der Waals surface area contributed by atoms with Crippen molar-refractivity contribution < 1.29 is 18.3 Å². The molecule has 0 radical (unpaired) electrons. The van der Waals surface area contributed by atoms with Crippen LogP contribution in [0.25, 0.3) is 11.3 Å². The van der Waals surface area contributed by atoms with Gasteiger partial charge in [0, 0.05) is 37.4 Å². The predicted molar refractivity (Wildman–Crippen MR) is 111 cm³/mol. The molecule has 0 bridgehead atoms. The summed E-state index contributed by atoms with van der Waals surface area (Å²) in [6, 6.07) is 15.8. The summed E-state index contributed by atoms with van der Waals surface area (Å²) in [4.78, 5) is 18.9. The number of aryl methyl sites for hydroxylation is 1. The molecule has 1 unspecified atom stereocenters. The number of hydrogen-bond acceptors (Lipinski definition) is 4. The monoisotopic (exact) mass is 408 g/mol. The number of amides is 1. The van der Waals surface area contributed by atoms with Crippen molar-refractivity contribution in [2.45, 2.75) is 25.7 Å². The van der Waals surface area contributed by atoms with Gasteiger partial charge in [-0.1, -0.05) is 18.2 Å². The van der Waals surface area contributed by atoms with Crippen LogP contribution < -0.4 is 4.74 Å². The number of oxazole rings is 1. The standard InChI is InChI=1S/C24H25FN2O3/c25-20-10-8-19(9-11-20)22-15-26-23(30-22)12-13-24(28)27-14-4-5-18(16-27)17-29-21-6-2-1-3-7-21/h1-3,6-11,15,18H,4-5,12-14,16-17H2. The van der Waals surface area contributed by atoms with E-state index in [9.17, 15) is 9.18 Å². The van der Waals surface area contributed by atoms with Crippen LogP contribution in [0.5, 0.6) is 5.75 Å². The molecule has 5 nitrogen and oxygen atoms in total. The summed E-state index contributed by atoms with van der Waals surface area (Å²) in [6.45, 7) is 2.12. The van der Waals surface area contributed by atoms with Crippen LogP contribution >= 0.6 is 0 Å². The molecule has 3 aromatic rings. The van der Waals surface area contributed by atoms with Gasteiger partial charge in [-0.05, 0) is 49.2 Å². The first-order valence-corrected chi connectivity index (χ1v) is 10.3. The minimum Gasteiger partial charge on any atom is -0.493 e. The van der Waals surface area contributed by atoms with Crippen LogP contribution in [0.15, 0.2) is 65.2 Å². The largest absolute Gasteiger partial charge is 0.493 e. The van der Waals surface area contributed by atoms with Crippen LogP contribution in [0, 0.1) is 11.7 Å². The number of rotatable bonds is 7. The molecule has 1 aliphatic rings. The number of aromatic nitrogens is 1. The lowest BCUT2D eigenvalue weighted by molar-refractivity contribution is -0.133. The molecule has 1 amide bonds. The van der Waals surface area contributed by atoms with Gasteiger partial charge < -0.3 is 14.1 Å². The van der Waals surface area contributed by atoms with Crippen molar-refractivity contribution in [1.82, 2.24) is 9.88 Å². The minimum atomic E-state index is -0.293. The number of para-hydroxylation sites is 1. The number of piperidine rings is 1. The maximum atomic E-state index is 13.1. The number of nitrogens with zero attached hydrogens (tertiary/aromatic N) is 2. The zero-order valence-electron chi connectivity index (χ0n) is 16.8. The van der Waals surface area contributed by atoms with E-state index in [1.165, 1.54) is 12.1 Å². The third-order valence-electron chi connectivity index (χ3n) is 5.34. The molecular weight excluding hydrogens is 383 g/mol. The molecule has 0 spiro atoms. The summed E-state index contributed by atoms with van der Waals surface area (Å²) < 4.78 is 24.7. The number of ether oxygens (including phenoxy) is 1. The van der Waals surface area contributed by atoms with E-state index < -0.39 is 0 Å². The molecule has 2 heterocycles. The lowest BCUT2D eigenvalue weighted by atomic mass is 9.98. The minimum absolute atomic E-state index is 0.112. The van der Waals surface area contributed by atoms with Gasteiger partial charge in [0.1, 0.15) is 11.6 Å². The Labute approximate surface area is 175 Å². The maximum Gasteiger partial charge on any atom is 0.223 e. The molecule has 4 rings (SSSR count). The van der Waals surface area contributed by atoms with Crippen LogP contribution in [0.3, 0.4) is 0 Å². The average Bonchev–Trinajstić information content (AvgIpc) is 3.26. The summed E-state index contributed by atoms with van der Waals surface area (Å²) in [7, 11) is 0. The highest BCUT2D eigenvalue weighted by Gasteiger charge is 2.24. The van der Waals surface area contributed by atoms with E-state index in [1.807, 2.05) is 35.2 Å². The van der Waals surface area contributed by atoms with Crippen molar-refractivity contribution >= 4 is 5.91 Å². The van der Waals surface area contributed by atoms with Crippen molar-refractivity contribution in [3.05, 3.63) is 72.5 Å². The van der Waals surface area contributed by atoms with Crippen molar-refractivity contribution in [2.75, 3.05) is 19.7 Å². The molecule has 0 saturated carbocycles. The molecule has 30 heavy (non-hydrogen) atoms. The molecular formula is C24H25FN2O3. The van der Waals surface area contributed by atoms with Crippen molar-refractivity contribution in [3.63, 3.8) is 0 Å². The first kappa shape index (κ1) is 20.1. The SMILES string of the molecule is O=C(CCc1ncc(-c2ccc(F)cc2)o1)N1CCCC(COc2ccccc2)C1. The van der Waals surface area contributed by atoms with Crippen LogP contribution in [-0.2, 0) is 11.2 Å². The Hall–Kier alpha value is -3.15. The van der Waals surface area contributed by atoms with E-state index in [2.05, 4.69) is 4.98 Å². The molecule has 1 aliphatic heterocycles. The van der Waals surface area contributed by atoms with Crippen molar-refractivity contribution in [3.8, 4) is 17.1 Å². The Balaban J connectivity index is 1.26. The maximum absolute atomic E-state index is 13.1. The van der Waals surface area contributed by atoms with Gasteiger partial charge in [0.25, 0.3) is 0 Å². The molecule has 156 valence electrons. The van der Waals surface area contributed by atoms with E-state index in [1.54, 1.807) is 18.3 Å². The highest BCUT2D eigenvalue weighted by molar-refractivity contribution is 5.76. The van der Waals surface area contributed by atoms with Crippen LogP contribution in [0.1, 0.15) is 25.2 Å². The van der Waals surface area contributed by atoms with Gasteiger partial charge in [-0.3, -0.25) is 4.79 Å². The Morgan fingerprint density at radius 2 is 1.97 bits per heavy atom. The summed E-state index contributed by atoms with van der Waals surface area (Å²) >= 11 is 0. The Kier molecular flexibility index (Phi) is 6.42. The lowest BCUT2D eigenvalue weighted by Gasteiger charge is -2.32. The first-order valence-electron chi connectivity index (χ1n) is 10.3. The number of hydrogen-bond donors (Lipinski definition) is 0. The van der Waals surface area contributed by atoms with Crippen LogP contribution in [0.4, 0.5) is 4.39 Å². The van der Waals surface area contributed by atoms with Gasteiger partial charge in [0.15, 0.2) is 11.7 Å².